The SMILES string of the molecule is CCCN1C(=O)COc2cc(F)c(N(C(=O)C3=CCCCC3)C(=O)C3=CCCCC3)cc21. The maximum Gasteiger partial charge on any atom is 0.265 e. The van der Waals surface area contributed by atoms with E-state index in [1.807, 2.05) is 19.1 Å². The summed E-state index contributed by atoms with van der Waals surface area (Å²) in [5, 5.41) is 0. The van der Waals surface area contributed by atoms with Crippen LogP contribution in [0.4, 0.5) is 15.8 Å². The van der Waals surface area contributed by atoms with Crippen molar-refractivity contribution < 1.29 is 23.5 Å². The standard InChI is InChI=1S/C25H29FN2O4/c1-2-13-27-21-15-20(19(26)14-22(21)32-16-23(27)29)28(24(30)17-9-5-3-6-10-17)25(31)18-11-7-4-8-12-18/h9,11,14-15H,2-8,10,12-13,16H2,1H3. The summed E-state index contributed by atoms with van der Waals surface area (Å²) in [5.74, 6) is -1.67. The predicted octanol–water partition coefficient (Wildman–Crippen LogP) is 4.82. The molecule has 1 aromatic rings. The molecule has 3 aliphatic rings. The summed E-state index contributed by atoms with van der Waals surface area (Å²) in [4.78, 5) is 41.9. The summed E-state index contributed by atoms with van der Waals surface area (Å²) < 4.78 is 20.8. The van der Waals surface area contributed by atoms with E-state index >= 15 is 4.39 Å². The van der Waals surface area contributed by atoms with Crippen LogP contribution in [0.3, 0.4) is 0 Å². The Morgan fingerprint density at radius 2 is 1.66 bits per heavy atom. The zero-order valence-corrected chi connectivity index (χ0v) is 18.5. The number of hydrogen-bond acceptors (Lipinski definition) is 4. The van der Waals surface area contributed by atoms with Crippen LogP contribution in [-0.4, -0.2) is 30.9 Å². The lowest BCUT2D eigenvalue weighted by Crippen LogP contribution is -2.42. The first-order valence-corrected chi connectivity index (χ1v) is 11.5. The van der Waals surface area contributed by atoms with Crippen LogP contribution in [0.5, 0.6) is 5.75 Å². The number of hydrogen-bond donors (Lipinski definition) is 0. The normalized spacial score (nSPS) is 18.3. The summed E-state index contributed by atoms with van der Waals surface area (Å²) >= 11 is 0. The minimum absolute atomic E-state index is 0.129. The molecule has 1 aromatic carbocycles. The molecule has 32 heavy (non-hydrogen) atoms. The number of allylic oxidation sites excluding steroid dienone is 2. The van der Waals surface area contributed by atoms with Gasteiger partial charge in [0.25, 0.3) is 17.7 Å². The summed E-state index contributed by atoms with van der Waals surface area (Å²) in [6.45, 7) is 2.23. The number of benzene rings is 1. The lowest BCUT2D eigenvalue weighted by molar-refractivity contribution is -0.123. The number of imide groups is 1. The molecule has 0 unspecified atom stereocenters. The van der Waals surface area contributed by atoms with E-state index in [2.05, 4.69) is 0 Å². The van der Waals surface area contributed by atoms with E-state index in [0.717, 1.165) is 43.4 Å². The predicted molar refractivity (Wildman–Crippen MR) is 120 cm³/mol. The first kappa shape index (κ1) is 22.2. The minimum Gasteiger partial charge on any atom is -0.481 e. The Morgan fingerprint density at radius 3 is 2.19 bits per heavy atom. The molecule has 170 valence electrons. The molecule has 0 spiro atoms. The molecule has 1 aliphatic heterocycles. The highest BCUT2D eigenvalue weighted by Crippen LogP contribution is 2.39. The van der Waals surface area contributed by atoms with E-state index < -0.39 is 17.6 Å². The van der Waals surface area contributed by atoms with Crippen LogP contribution in [0.15, 0.2) is 35.4 Å². The van der Waals surface area contributed by atoms with E-state index in [0.29, 0.717) is 42.6 Å². The summed E-state index contributed by atoms with van der Waals surface area (Å²) in [5.41, 5.74) is 1.34. The van der Waals surface area contributed by atoms with Gasteiger partial charge in [-0.05, 0) is 63.9 Å². The highest BCUT2D eigenvalue weighted by molar-refractivity contribution is 6.25. The second kappa shape index (κ2) is 9.67. The third-order valence-electron chi connectivity index (χ3n) is 6.20. The van der Waals surface area contributed by atoms with Crippen molar-refractivity contribution in [3.05, 3.63) is 41.2 Å². The van der Waals surface area contributed by atoms with Gasteiger partial charge in [0.2, 0.25) is 0 Å². The van der Waals surface area contributed by atoms with Crippen molar-refractivity contribution in [2.75, 3.05) is 23.0 Å². The maximum absolute atomic E-state index is 15.3. The number of amides is 3. The monoisotopic (exact) mass is 440 g/mol. The van der Waals surface area contributed by atoms with Gasteiger partial charge in [-0.3, -0.25) is 14.4 Å². The fraction of sp³-hybridized carbons (Fsp3) is 0.480. The second-order valence-corrected chi connectivity index (χ2v) is 8.50. The molecule has 7 heteroatoms. The van der Waals surface area contributed by atoms with Crippen LogP contribution in [0, 0.1) is 5.82 Å². The molecule has 0 aromatic heterocycles. The van der Waals surface area contributed by atoms with Crippen molar-refractivity contribution in [3.63, 3.8) is 0 Å². The van der Waals surface area contributed by atoms with Gasteiger partial charge >= 0.3 is 0 Å². The third-order valence-corrected chi connectivity index (χ3v) is 6.20. The lowest BCUT2D eigenvalue weighted by Gasteiger charge is -2.32. The zero-order valence-electron chi connectivity index (χ0n) is 18.5. The molecule has 6 nitrogen and oxygen atoms in total. The number of ether oxygens (including phenoxy) is 1. The largest absolute Gasteiger partial charge is 0.481 e. The Labute approximate surface area is 187 Å². The van der Waals surface area contributed by atoms with Crippen molar-refractivity contribution in [3.8, 4) is 5.75 Å². The van der Waals surface area contributed by atoms with Crippen molar-refractivity contribution in [2.24, 2.45) is 0 Å². The number of anilines is 2. The van der Waals surface area contributed by atoms with E-state index in [1.54, 1.807) is 0 Å². The Morgan fingerprint density at radius 1 is 1.03 bits per heavy atom. The number of carbonyl (C=O) groups excluding carboxylic acids is 3. The molecule has 0 N–H and O–H groups in total. The number of halogens is 1. The molecule has 0 atom stereocenters. The van der Waals surface area contributed by atoms with E-state index in [4.69, 9.17) is 4.74 Å². The zero-order chi connectivity index (χ0) is 22.7. The smallest absolute Gasteiger partial charge is 0.265 e. The summed E-state index contributed by atoms with van der Waals surface area (Å²) in [7, 11) is 0. The highest BCUT2D eigenvalue weighted by Gasteiger charge is 2.34. The molecular weight excluding hydrogens is 411 g/mol. The Hall–Kier alpha value is -2.96. The van der Waals surface area contributed by atoms with Gasteiger partial charge in [-0.15, -0.1) is 0 Å². The van der Waals surface area contributed by atoms with Crippen LogP contribution in [0.2, 0.25) is 0 Å². The maximum atomic E-state index is 15.3. The van der Waals surface area contributed by atoms with Crippen LogP contribution < -0.4 is 14.5 Å². The van der Waals surface area contributed by atoms with Gasteiger partial charge in [-0.1, -0.05) is 19.1 Å². The molecule has 4 rings (SSSR count). The molecule has 3 amide bonds. The van der Waals surface area contributed by atoms with Gasteiger partial charge in [0.1, 0.15) is 5.75 Å². The first-order valence-electron chi connectivity index (χ1n) is 11.5. The van der Waals surface area contributed by atoms with Crippen molar-refractivity contribution in [2.45, 2.75) is 64.7 Å². The number of carbonyl (C=O) groups is 3. The Balaban J connectivity index is 1.81. The molecule has 0 radical (unpaired) electrons. The van der Waals surface area contributed by atoms with Gasteiger partial charge in [0.05, 0.1) is 11.4 Å². The van der Waals surface area contributed by atoms with Gasteiger partial charge in [0.15, 0.2) is 12.4 Å². The van der Waals surface area contributed by atoms with Crippen molar-refractivity contribution in [1.29, 1.82) is 0 Å². The van der Waals surface area contributed by atoms with E-state index in [1.165, 1.54) is 17.0 Å². The molecule has 0 fully saturated rings. The quantitative estimate of drug-likeness (QED) is 0.616. The van der Waals surface area contributed by atoms with Crippen LogP contribution >= 0.6 is 0 Å². The van der Waals surface area contributed by atoms with Crippen LogP contribution in [0.1, 0.15) is 64.7 Å². The molecule has 0 bridgehead atoms. The summed E-state index contributed by atoms with van der Waals surface area (Å²) in [6, 6.07) is 2.60. The number of nitrogens with zero attached hydrogens (tertiary/aromatic N) is 2. The van der Waals surface area contributed by atoms with Gasteiger partial charge in [0, 0.05) is 23.8 Å². The fourth-order valence-corrected chi connectivity index (χ4v) is 4.51. The Kier molecular flexibility index (Phi) is 6.72. The van der Waals surface area contributed by atoms with Crippen LogP contribution in [-0.2, 0) is 14.4 Å². The van der Waals surface area contributed by atoms with E-state index in [9.17, 15) is 14.4 Å². The van der Waals surface area contributed by atoms with Gasteiger partial charge in [-0.25, -0.2) is 9.29 Å². The first-order chi connectivity index (χ1) is 15.5. The molecule has 0 saturated heterocycles. The summed E-state index contributed by atoms with van der Waals surface area (Å²) in [6.07, 6.45) is 10.8. The topological polar surface area (TPSA) is 66.9 Å². The second-order valence-electron chi connectivity index (χ2n) is 8.50. The van der Waals surface area contributed by atoms with Gasteiger partial charge in [-0.2, -0.15) is 0 Å². The molecular formula is C25H29FN2O4. The highest BCUT2D eigenvalue weighted by atomic mass is 19.1. The van der Waals surface area contributed by atoms with Crippen molar-refractivity contribution >= 4 is 29.1 Å². The van der Waals surface area contributed by atoms with Crippen LogP contribution in [0.25, 0.3) is 0 Å². The van der Waals surface area contributed by atoms with Gasteiger partial charge < -0.3 is 9.64 Å². The molecule has 1 heterocycles. The van der Waals surface area contributed by atoms with Crippen molar-refractivity contribution in [1.82, 2.24) is 0 Å². The average molecular weight is 441 g/mol. The fourth-order valence-electron chi connectivity index (χ4n) is 4.51. The number of rotatable bonds is 5. The lowest BCUT2D eigenvalue weighted by atomic mass is 9.96. The molecule has 0 saturated carbocycles. The minimum atomic E-state index is -0.718. The average Bonchev–Trinajstić information content (AvgIpc) is 2.82. The third kappa shape index (κ3) is 4.33. The Bertz CT molecular complexity index is 960. The number of fused-ring (bicyclic) bond motifs is 1. The molecule has 2 aliphatic carbocycles. The van der Waals surface area contributed by atoms with E-state index in [-0.39, 0.29) is 24.0 Å².